The summed E-state index contributed by atoms with van der Waals surface area (Å²) in [5.41, 5.74) is 11.8. The van der Waals surface area contributed by atoms with Crippen molar-refractivity contribution in [1.29, 1.82) is 0 Å². The smallest absolute Gasteiger partial charge is 0.167 e. The van der Waals surface area contributed by atoms with Crippen molar-refractivity contribution in [3.05, 3.63) is 11.4 Å². The van der Waals surface area contributed by atoms with E-state index in [1.807, 2.05) is 11.8 Å². The van der Waals surface area contributed by atoms with Crippen LogP contribution in [0.4, 0.5) is 0 Å². The Morgan fingerprint density at radius 3 is 2.45 bits per heavy atom. The first-order chi connectivity index (χ1) is 5.17. The Labute approximate surface area is 66.8 Å². The van der Waals surface area contributed by atoms with Gasteiger partial charge < -0.3 is 16.4 Å². The molecule has 0 aromatic heterocycles. The van der Waals surface area contributed by atoms with E-state index in [1.165, 1.54) is 0 Å². The largest absolute Gasteiger partial charge is 0.395 e. The van der Waals surface area contributed by atoms with Crippen LogP contribution in [-0.4, -0.2) is 24.4 Å². The summed E-state index contributed by atoms with van der Waals surface area (Å²) in [6, 6.07) is 0. The minimum atomic E-state index is 0.248. The third-order valence-corrected chi connectivity index (χ3v) is 1.62. The highest BCUT2D eigenvalue weighted by Crippen LogP contribution is 2.01. The summed E-state index contributed by atoms with van der Waals surface area (Å²) in [5, 5.41) is 0. The Hall–Kier alpha value is -1.03. The molecule has 0 fully saturated rings. The number of nitrogens with zero attached hydrogens (tertiary/aromatic N) is 1. The van der Waals surface area contributed by atoms with Crippen LogP contribution in [0.1, 0.15) is 13.8 Å². The highest BCUT2D eigenvalue weighted by Gasteiger charge is 2.02. The lowest BCUT2D eigenvalue weighted by Gasteiger charge is -2.21. The van der Waals surface area contributed by atoms with Crippen molar-refractivity contribution < 1.29 is 4.79 Å². The average Bonchev–Trinajstić information content (AvgIpc) is 2.05. The lowest BCUT2D eigenvalue weighted by molar-refractivity contribution is -0.105. The molecule has 0 radical (unpaired) electrons. The normalized spacial score (nSPS) is 12.3. The summed E-state index contributed by atoms with van der Waals surface area (Å²) >= 11 is 0. The molecule has 0 aromatic rings. The fourth-order valence-electron chi connectivity index (χ4n) is 0.771. The lowest BCUT2D eigenvalue weighted by atomic mass is 10.3. The van der Waals surface area contributed by atoms with E-state index < -0.39 is 0 Å². The fourth-order valence-corrected chi connectivity index (χ4v) is 0.771. The van der Waals surface area contributed by atoms with Crippen molar-refractivity contribution in [1.82, 2.24) is 4.90 Å². The first-order valence-electron chi connectivity index (χ1n) is 3.53. The van der Waals surface area contributed by atoms with Gasteiger partial charge in [0.25, 0.3) is 0 Å². The molecule has 0 aliphatic heterocycles. The molecule has 4 heteroatoms. The fraction of sp³-hybridized carbons (Fsp3) is 0.571. The number of carbonyl (C=O) groups is 1. The number of allylic oxidation sites excluding steroid dienone is 2. The van der Waals surface area contributed by atoms with Gasteiger partial charge in [-0.1, -0.05) is 0 Å². The molecule has 0 heterocycles. The van der Waals surface area contributed by atoms with Crippen LogP contribution in [0.25, 0.3) is 0 Å². The standard InChI is InChI=1S/C7H15N3O/c1-3-10(5-8)6(2)7(9)4-11/h4H,3,5,8-9H2,1-2H3/b7-6-. The van der Waals surface area contributed by atoms with Gasteiger partial charge in [-0.3, -0.25) is 4.79 Å². The zero-order valence-corrected chi connectivity index (χ0v) is 7.00. The van der Waals surface area contributed by atoms with E-state index in [4.69, 9.17) is 11.5 Å². The Morgan fingerprint density at radius 2 is 2.18 bits per heavy atom. The van der Waals surface area contributed by atoms with Crippen molar-refractivity contribution in [2.45, 2.75) is 13.8 Å². The molecule has 0 saturated carbocycles. The summed E-state index contributed by atoms with van der Waals surface area (Å²) in [5.74, 6) is 0. The number of nitrogens with two attached hydrogens (primary N) is 2. The van der Waals surface area contributed by atoms with E-state index in [1.54, 1.807) is 6.92 Å². The maximum atomic E-state index is 10.2. The van der Waals surface area contributed by atoms with Crippen LogP contribution in [0.5, 0.6) is 0 Å². The summed E-state index contributed by atoms with van der Waals surface area (Å²) in [6.45, 7) is 4.88. The van der Waals surface area contributed by atoms with Gasteiger partial charge >= 0.3 is 0 Å². The van der Waals surface area contributed by atoms with Crippen molar-refractivity contribution in [2.24, 2.45) is 11.5 Å². The van der Waals surface area contributed by atoms with Crippen LogP contribution in [0.3, 0.4) is 0 Å². The second kappa shape index (κ2) is 4.73. The second-order valence-electron chi connectivity index (χ2n) is 2.20. The van der Waals surface area contributed by atoms with Gasteiger partial charge in [0.05, 0.1) is 12.4 Å². The van der Waals surface area contributed by atoms with Crippen LogP contribution in [0.2, 0.25) is 0 Å². The van der Waals surface area contributed by atoms with E-state index in [0.717, 1.165) is 12.2 Å². The lowest BCUT2D eigenvalue weighted by Crippen LogP contribution is -2.30. The van der Waals surface area contributed by atoms with Gasteiger partial charge in [-0.05, 0) is 13.8 Å². The Balaban J connectivity index is 4.40. The van der Waals surface area contributed by atoms with E-state index in [9.17, 15) is 4.79 Å². The van der Waals surface area contributed by atoms with Gasteiger partial charge in [0, 0.05) is 12.2 Å². The quantitative estimate of drug-likeness (QED) is 0.331. The zero-order chi connectivity index (χ0) is 8.85. The number of hydrogen-bond donors (Lipinski definition) is 2. The summed E-state index contributed by atoms with van der Waals surface area (Å²) in [4.78, 5) is 12.1. The minimum absolute atomic E-state index is 0.248. The molecule has 0 atom stereocenters. The van der Waals surface area contributed by atoms with Gasteiger partial charge in [-0.15, -0.1) is 0 Å². The average molecular weight is 157 g/mol. The number of rotatable bonds is 4. The van der Waals surface area contributed by atoms with Crippen LogP contribution in [0, 0.1) is 0 Å². The number of hydrogen-bond acceptors (Lipinski definition) is 4. The SMILES string of the molecule is CCN(CN)/C(C)=C(\N)C=O. The molecule has 0 saturated heterocycles. The highest BCUT2D eigenvalue weighted by molar-refractivity contribution is 5.72. The maximum Gasteiger partial charge on any atom is 0.167 e. The second-order valence-corrected chi connectivity index (χ2v) is 2.20. The zero-order valence-electron chi connectivity index (χ0n) is 7.00. The Kier molecular flexibility index (Phi) is 4.29. The molecule has 0 rings (SSSR count). The molecule has 0 unspecified atom stereocenters. The van der Waals surface area contributed by atoms with Crippen molar-refractivity contribution in [3.8, 4) is 0 Å². The van der Waals surface area contributed by atoms with E-state index in [-0.39, 0.29) is 5.70 Å². The number of aldehydes is 1. The third-order valence-electron chi connectivity index (χ3n) is 1.62. The molecule has 4 nitrogen and oxygen atoms in total. The summed E-state index contributed by atoms with van der Waals surface area (Å²) < 4.78 is 0. The number of carbonyl (C=O) groups excluding carboxylic acids is 1. The van der Waals surface area contributed by atoms with E-state index >= 15 is 0 Å². The molecule has 0 bridgehead atoms. The van der Waals surface area contributed by atoms with Crippen LogP contribution < -0.4 is 11.5 Å². The van der Waals surface area contributed by atoms with Gasteiger partial charge in [0.15, 0.2) is 6.29 Å². The molecule has 64 valence electrons. The van der Waals surface area contributed by atoms with E-state index in [0.29, 0.717) is 13.0 Å². The summed E-state index contributed by atoms with van der Waals surface area (Å²) in [7, 11) is 0. The molecule has 0 aliphatic carbocycles. The van der Waals surface area contributed by atoms with Crippen molar-refractivity contribution >= 4 is 6.29 Å². The van der Waals surface area contributed by atoms with Crippen molar-refractivity contribution in [3.63, 3.8) is 0 Å². The molecule has 0 aliphatic rings. The van der Waals surface area contributed by atoms with E-state index in [2.05, 4.69) is 0 Å². The molecule has 0 aromatic carbocycles. The first kappa shape index (κ1) is 9.97. The molecular formula is C7H15N3O. The van der Waals surface area contributed by atoms with Gasteiger partial charge in [0.2, 0.25) is 0 Å². The monoisotopic (exact) mass is 157 g/mol. The van der Waals surface area contributed by atoms with Gasteiger partial charge in [-0.2, -0.15) is 0 Å². The Morgan fingerprint density at radius 1 is 1.64 bits per heavy atom. The molecule has 0 amide bonds. The molecular weight excluding hydrogens is 142 g/mol. The Bertz CT molecular complexity index is 161. The molecule has 11 heavy (non-hydrogen) atoms. The highest BCUT2D eigenvalue weighted by atomic mass is 16.1. The molecule has 4 N–H and O–H groups in total. The summed E-state index contributed by atoms with van der Waals surface area (Å²) in [6.07, 6.45) is 0.633. The topological polar surface area (TPSA) is 72.3 Å². The van der Waals surface area contributed by atoms with Gasteiger partial charge in [-0.25, -0.2) is 0 Å². The van der Waals surface area contributed by atoms with Crippen LogP contribution >= 0.6 is 0 Å². The predicted molar refractivity (Wildman–Crippen MR) is 44.4 cm³/mol. The predicted octanol–water partition coefficient (Wildman–Crippen LogP) is -0.386. The molecule has 0 spiro atoms. The maximum absolute atomic E-state index is 10.2. The van der Waals surface area contributed by atoms with Crippen LogP contribution in [0.15, 0.2) is 11.4 Å². The first-order valence-corrected chi connectivity index (χ1v) is 3.53. The van der Waals surface area contributed by atoms with Crippen molar-refractivity contribution in [2.75, 3.05) is 13.2 Å². The van der Waals surface area contributed by atoms with Crippen LogP contribution in [-0.2, 0) is 4.79 Å². The van der Waals surface area contributed by atoms with Gasteiger partial charge in [0.1, 0.15) is 0 Å². The third kappa shape index (κ3) is 2.59. The minimum Gasteiger partial charge on any atom is -0.395 e.